The van der Waals surface area contributed by atoms with Gasteiger partial charge in [-0.1, -0.05) is 13.3 Å². The SMILES string of the molecule is CCCc1cc(F)c(C2CCc3c(cc(F)c(F)c3F)C2)c(F)c1. The topological polar surface area (TPSA) is 0 Å². The third kappa shape index (κ3) is 2.92. The van der Waals surface area contributed by atoms with Crippen molar-refractivity contribution in [3.05, 3.63) is 69.5 Å². The molecule has 0 fully saturated rings. The summed E-state index contributed by atoms with van der Waals surface area (Å²) in [5.74, 6) is -5.73. The Bertz CT molecular complexity index is 759. The molecule has 1 aliphatic carbocycles. The molecule has 0 bridgehead atoms. The Kier molecular flexibility index (Phi) is 4.61. The molecule has 0 heterocycles. The van der Waals surface area contributed by atoms with E-state index in [4.69, 9.17) is 0 Å². The van der Waals surface area contributed by atoms with Gasteiger partial charge in [-0.05, 0) is 66.5 Å². The van der Waals surface area contributed by atoms with E-state index in [1.165, 1.54) is 12.1 Å². The number of fused-ring (bicyclic) bond motifs is 1. The maximum atomic E-state index is 14.4. The zero-order valence-corrected chi connectivity index (χ0v) is 13.2. The van der Waals surface area contributed by atoms with Crippen LogP contribution in [0.4, 0.5) is 22.0 Å². The first-order chi connectivity index (χ1) is 11.4. The molecule has 0 saturated carbocycles. The first-order valence-corrected chi connectivity index (χ1v) is 8.05. The molecule has 1 atom stereocenters. The van der Waals surface area contributed by atoms with Crippen molar-refractivity contribution < 1.29 is 22.0 Å². The molecule has 5 heteroatoms. The number of hydrogen-bond donors (Lipinski definition) is 0. The number of hydrogen-bond acceptors (Lipinski definition) is 0. The molecule has 2 aromatic carbocycles. The van der Waals surface area contributed by atoms with Crippen molar-refractivity contribution in [1.29, 1.82) is 0 Å². The number of halogens is 5. The lowest BCUT2D eigenvalue weighted by atomic mass is 9.79. The van der Waals surface area contributed by atoms with Gasteiger partial charge in [-0.25, -0.2) is 22.0 Å². The van der Waals surface area contributed by atoms with Gasteiger partial charge in [0.15, 0.2) is 17.5 Å². The van der Waals surface area contributed by atoms with Gasteiger partial charge >= 0.3 is 0 Å². The van der Waals surface area contributed by atoms with Crippen LogP contribution in [0.1, 0.15) is 47.9 Å². The van der Waals surface area contributed by atoms with E-state index in [-0.39, 0.29) is 36.0 Å². The molecule has 128 valence electrons. The molecule has 0 saturated heterocycles. The molecule has 3 rings (SSSR count). The van der Waals surface area contributed by atoms with Gasteiger partial charge in [0.25, 0.3) is 0 Å². The first kappa shape index (κ1) is 16.9. The highest BCUT2D eigenvalue weighted by Gasteiger charge is 2.29. The fraction of sp³-hybridized carbons (Fsp3) is 0.368. The normalized spacial score (nSPS) is 17.0. The van der Waals surface area contributed by atoms with Gasteiger partial charge in [0, 0.05) is 5.56 Å². The second kappa shape index (κ2) is 6.54. The van der Waals surface area contributed by atoms with E-state index in [9.17, 15) is 22.0 Å². The quantitative estimate of drug-likeness (QED) is 0.503. The van der Waals surface area contributed by atoms with Crippen molar-refractivity contribution >= 4 is 0 Å². The second-order valence-electron chi connectivity index (χ2n) is 6.29. The van der Waals surface area contributed by atoms with E-state index >= 15 is 0 Å². The van der Waals surface area contributed by atoms with Crippen molar-refractivity contribution in [3.63, 3.8) is 0 Å². The summed E-state index contributed by atoms with van der Waals surface area (Å²) in [7, 11) is 0. The largest absolute Gasteiger partial charge is 0.207 e. The van der Waals surface area contributed by atoms with Crippen molar-refractivity contribution in [2.45, 2.75) is 44.9 Å². The van der Waals surface area contributed by atoms with Crippen LogP contribution in [0.2, 0.25) is 0 Å². The highest BCUT2D eigenvalue weighted by Crippen LogP contribution is 2.37. The van der Waals surface area contributed by atoms with Crippen molar-refractivity contribution in [1.82, 2.24) is 0 Å². The van der Waals surface area contributed by atoms with Crippen LogP contribution in [0, 0.1) is 29.1 Å². The molecule has 24 heavy (non-hydrogen) atoms. The molecule has 2 aromatic rings. The van der Waals surface area contributed by atoms with E-state index in [2.05, 4.69) is 0 Å². The summed E-state index contributed by atoms with van der Waals surface area (Å²) in [6.45, 7) is 1.92. The van der Waals surface area contributed by atoms with Crippen molar-refractivity contribution in [2.24, 2.45) is 0 Å². The van der Waals surface area contributed by atoms with Crippen LogP contribution in [0.3, 0.4) is 0 Å². The van der Waals surface area contributed by atoms with Crippen LogP contribution in [-0.4, -0.2) is 0 Å². The van der Waals surface area contributed by atoms with Gasteiger partial charge in [-0.15, -0.1) is 0 Å². The van der Waals surface area contributed by atoms with Crippen molar-refractivity contribution in [2.75, 3.05) is 0 Å². The van der Waals surface area contributed by atoms with Gasteiger partial charge in [-0.3, -0.25) is 0 Å². The Morgan fingerprint density at radius 1 is 0.917 bits per heavy atom. The molecule has 0 spiro atoms. The second-order valence-corrected chi connectivity index (χ2v) is 6.29. The molecular formula is C19H17F5. The Labute approximate surface area is 137 Å². The lowest BCUT2D eigenvalue weighted by Gasteiger charge is -2.26. The predicted octanol–water partition coefficient (Wildman–Crippen LogP) is 5.61. The van der Waals surface area contributed by atoms with Crippen LogP contribution < -0.4 is 0 Å². The molecule has 0 aromatic heterocycles. The molecular weight excluding hydrogens is 323 g/mol. The molecule has 1 aliphatic rings. The lowest BCUT2D eigenvalue weighted by Crippen LogP contribution is -2.18. The molecule has 0 N–H and O–H groups in total. The maximum Gasteiger partial charge on any atom is 0.194 e. The summed E-state index contributed by atoms with van der Waals surface area (Å²) in [5, 5.41) is 0. The third-order valence-electron chi connectivity index (χ3n) is 4.65. The Hall–Kier alpha value is -1.91. The fourth-order valence-corrected chi connectivity index (χ4v) is 3.53. The summed E-state index contributed by atoms with van der Waals surface area (Å²) in [4.78, 5) is 0. The van der Waals surface area contributed by atoms with Gasteiger partial charge in [0.05, 0.1) is 0 Å². The zero-order chi connectivity index (χ0) is 17.4. The highest BCUT2D eigenvalue weighted by molar-refractivity contribution is 5.38. The van der Waals surface area contributed by atoms with Gasteiger partial charge in [-0.2, -0.15) is 0 Å². The summed E-state index contributed by atoms with van der Waals surface area (Å²) in [5.41, 5.74) is 0.921. The molecule has 0 nitrogen and oxygen atoms in total. The summed E-state index contributed by atoms with van der Waals surface area (Å²) in [6.07, 6.45) is 1.86. The fourth-order valence-electron chi connectivity index (χ4n) is 3.53. The van der Waals surface area contributed by atoms with E-state index < -0.39 is 35.0 Å². The Balaban J connectivity index is 1.96. The number of aryl methyl sites for hydroxylation is 1. The van der Waals surface area contributed by atoms with Crippen LogP contribution in [0.5, 0.6) is 0 Å². The molecule has 0 aliphatic heterocycles. The number of rotatable bonds is 3. The monoisotopic (exact) mass is 340 g/mol. The average molecular weight is 340 g/mol. The van der Waals surface area contributed by atoms with Gasteiger partial charge in [0.2, 0.25) is 0 Å². The average Bonchev–Trinajstić information content (AvgIpc) is 2.52. The molecule has 0 radical (unpaired) electrons. The maximum absolute atomic E-state index is 14.4. The van der Waals surface area contributed by atoms with Gasteiger partial charge < -0.3 is 0 Å². The van der Waals surface area contributed by atoms with E-state index in [1.807, 2.05) is 6.92 Å². The Morgan fingerprint density at radius 2 is 1.58 bits per heavy atom. The predicted molar refractivity (Wildman–Crippen MR) is 81.4 cm³/mol. The third-order valence-corrected chi connectivity index (χ3v) is 4.65. The minimum absolute atomic E-state index is 0.0503. The summed E-state index contributed by atoms with van der Waals surface area (Å²) in [6, 6.07) is 3.58. The molecule has 0 amide bonds. The summed E-state index contributed by atoms with van der Waals surface area (Å²) < 4.78 is 69.3. The van der Waals surface area contributed by atoms with Gasteiger partial charge in [0.1, 0.15) is 11.6 Å². The van der Waals surface area contributed by atoms with Crippen molar-refractivity contribution in [3.8, 4) is 0 Å². The molecule has 1 unspecified atom stereocenters. The van der Waals surface area contributed by atoms with E-state index in [0.29, 0.717) is 12.0 Å². The standard InChI is InChI=1S/C19H17F5/c1-2-3-10-6-14(20)17(15(21)7-10)11-4-5-13-12(8-11)9-16(22)19(24)18(13)23/h6-7,9,11H,2-5,8H2,1H3. The van der Waals surface area contributed by atoms with Crippen LogP contribution in [-0.2, 0) is 19.3 Å². The number of benzene rings is 2. The first-order valence-electron chi connectivity index (χ1n) is 8.05. The van der Waals surface area contributed by atoms with E-state index in [0.717, 1.165) is 12.5 Å². The highest BCUT2D eigenvalue weighted by atomic mass is 19.2. The van der Waals surface area contributed by atoms with Crippen LogP contribution in [0.15, 0.2) is 18.2 Å². The zero-order valence-electron chi connectivity index (χ0n) is 13.2. The van der Waals surface area contributed by atoms with Crippen LogP contribution >= 0.6 is 0 Å². The van der Waals surface area contributed by atoms with E-state index in [1.54, 1.807) is 0 Å². The van der Waals surface area contributed by atoms with Crippen LogP contribution in [0.25, 0.3) is 0 Å². The minimum Gasteiger partial charge on any atom is -0.207 e. The Morgan fingerprint density at radius 3 is 2.21 bits per heavy atom. The minimum atomic E-state index is -1.49. The smallest absolute Gasteiger partial charge is 0.194 e. The summed E-state index contributed by atoms with van der Waals surface area (Å²) >= 11 is 0. The lowest BCUT2D eigenvalue weighted by molar-refractivity contribution is 0.424.